The number of carboxylic acids is 1. The van der Waals surface area contributed by atoms with E-state index in [1.807, 2.05) is 0 Å². The molecule has 0 spiro atoms. The molecule has 2 rings (SSSR count). The first-order valence-electron chi connectivity index (χ1n) is 6.30. The molecule has 7 nitrogen and oxygen atoms in total. The largest absolute Gasteiger partial charge is 1.00 e. The monoisotopic (exact) mass is 399 g/mol. The van der Waals surface area contributed by atoms with E-state index in [1.54, 1.807) is 0 Å². The Balaban J connectivity index is 0.00000338. The molecule has 0 atom stereocenters. The maximum atomic E-state index is 12.1. The van der Waals surface area contributed by atoms with Gasteiger partial charge in [0.1, 0.15) is 17.2 Å². The van der Waals surface area contributed by atoms with Gasteiger partial charge in [-0.1, -0.05) is 11.6 Å². The maximum Gasteiger partial charge on any atom is 1.00 e. The standard InChI is InChI=1S/C14H7ClF3NO6.Na/c15-10-6-8(25-14(16,17)18)2-4-12(10)24-7-1-3-11(19(22)23)9(5-7)13(20)21;/h1-6H,(H,20,21);/q;+1/p-1. The number of hydrogen-bond donors (Lipinski definition) is 0. The zero-order valence-corrected chi connectivity index (χ0v) is 15.6. The van der Waals surface area contributed by atoms with Crippen LogP contribution in [0.2, 0.25) is 5.02 Å². The Morgan fingerprint density at radius 2 is 1.73 bits per heavy atom. The van der Waals surface area contributed by atoms with Crippen LogP contribution in [0.4, 0.5) is 18.9 Å². The fourth-order valence-corrected chi connectivity index (χ4v) is 2.00. The molecule has 2 aromatic rings. The summed E-state index contributed by atoms with van der Waals surface area (Å²) in [5.74, 6) is -2.63. The molecule has 0 aliphatic rings. The van der Waals surface area contributed by atoms with E-state index in [1.165, 1.54) is 0 Å². The summed E-state index contributed by atoms with van der Waals surface area (Å²) in [5, 5.41) is 21.4. The molecule has 2 aromatic carbocycles. The average molecular weight is 400 g/mol. The average Bonchev–Trinajstić information content (AvgIpc) is 2.48. The molecule has 0 aromatic heterocycles. The van der Waals surface area contributed by atoms with E-state index < -0.39 is 34.3 Å². The van der Waals surface area contributed by atoms with Crippen molar-refractivity contribution in [3.63, 3.8) is 0 Å². The number of aromatic carboxylic acids is 1. The van der Waals surface area contributed by atoms with Crippen molar-refractivity contribution in [2.24, 2.45) is 0 Å². The zero-order chi connectivity index (χ0) is 18.8. The fraction of sp³-hybridized carbons (Fsp3) is 0.0714. The topological polar surface area (TPSA) is 102 Å². The molecule has 0 heterocycles. The minimum Gasteiger partial charge on any atom is -0.545 e. The Kier molecular flexibility index (Phi) is 7.27. The van der Waals surface area contributed by atoms with E-state index in [0.717, 1.165) is 36.4 Å². The number of halogens is 4. The van der Waals surface area contributed by atoms with E-state index >= 15 is 0 Å². The Bertz CT molecular complexity index is 846. The third-order valence-corrected chi connectivity index (χ3v) is 3.04. The third-order valence-electron chi connectivity index (χ3n) is 2.75. The summed E-state index contributed by atoms with van der Waals surface area (Å²) >= 11 is 5.78. The predicted molar refractivity (Wildman–Crippen MR) is 75.6 cm³/mol. The van der Waals surface area contributed by atoms with Gasteiger partial charge in [-0.15, -0.1) is 13.2 Å². The molecule has 0 N–H and O–H groups in total. The number of rotatable bonds is 5. The molecule has 0 fully saturated rings. The molecule has 0 aliphatic heterocycles. The number of carbonyl (C=O) groups is 1. The number of nitro benzene ring substituents is 1. The van der Waals surface area contributed by atoms with Crippen molar-refractivity contribution in [1.29, 1.82) is 0 Å². The summed E-state index contributed by atoms with van der Waals surface area (Å²) in [5.41, 5.74) is -1.43. The molecule has 0 saturated carbocycles. The Labute approximate surface area is 170 Å². The van der Waals surface area contributed by atoms with Gasteiger partial charge in [0, 0.05) is 12.1 Å². The third kappa shape index (κ3) is 5.77. The summed E-state index contributed by atoms with van der Waals surface area (Å²) in [6, 6.07) is 5.65. The normalized spacial score (nSPS) is 10.6. The minimum atomic E-state index is -4.90. The second-order valence-electron chi connectivity index (χ2n) is 4.47. The van der Waals surface area contributed by atoms with E-state index in [2.05, 4.69) is 4.74 Å². The van der Waals surface area contributed by atoms with Gasteiger partial charge < -0.3 is 19.4 Å². The molecule has 12 heteroatoms. The van der Waals surface area contributed by atoms with Gasteiger partial charge in [-0.2, -0.15) is 0 Å². The summed E-state index contributed by atoms with van der Waals surface area (Å²) in [4.78, 5) is 20.8. The van der Waals surface area contributed by atoms with Crippen molar-refractivity contribution in [2.45, 2.75) is 6.36 Å². The Hall–Kier alpha value is -2.01. The molecule has 0 aliphatic carbocycles. The van der Waals surface area contributed by atoms with Gasteiger partial charge in [0.25, 0.3) is 5.69 Å². The van der Waals surface area contributed by atoms with Crippen LogP contribution < -0.4 is 44.1 Å². The van der Waals surface area contributed by atoms with Gasteiger partial charge in [-0.05, 0) is 24.3 Å². The summed E-state index contributed by atoms with van der Waals surface area (Å²) < 4.78 is 45.3. The van der Waals surface area contributed by atoms with Crippen molar-refractivity contribution in [1.82, 2.24) is 0 Å². The first-order valence-corrected chi connectivity index (χ1v) is 6.67. The number of nitrogens with zero attached hydrogens (tertiary/aromatic N) is 1. The molecule has 0 unspecified atom stereocenters. The van der Waals surface area contributed by atoms with Crippen molar-refractivity contribution < 1.29 is 67.0 Å². The van der Waals surface area contributed by atoms with E-state index in [4.69, 9.17) is 16.3 Å². The molecule has 0 saturated heterocycles. The number of hydrogen-bond acceptors (Lipinski definition) is 6. The molecule has 0 bridgehead atoms. The van der Waals surface area contributed by atoms with Crippen LogP contribution in [-0.2, 0) is 0 Å². The summed E-state index contributed by atoms with van der Waals surface area (Å²) in [7, 11) is 0. The Morgan fingerprint density at radius 1 is 1.12 bits per heavy atom. The number of alkyl halides is 3. The van der Waals surface area contributed by atoms with Gasteiger partial charge >= 0.3 is 35.9 Å². The van der Waals surface area contributed by atoms with Gasteiger partial charge in [0.05, 0.1) is 21.5 Å². The maximum absolute atomic E-state index is 12.1. The number of carboxylic acid groups (broad SMARTS) is 1. The van der Waals surface area contributed by atoms with Crippen LogP contribution in [-0.4, -0.2) is 17.3 Å². The van der Waals surface area contributed by atoms with Crippen LogP contribution >= 0.6 is 11.6 Å². The summed E-state index contributed by atoms with van der Waals surface area (Å²) in [6.45, 7) is 0. The molecule has 0 radical (unpaired) electrons. The SMILES string of the molecule is O=C([O-])c1cc(Oc2ccc(OC(F)(F)F)cc2Cl)ccc1[N+](=O)[O-].[Na+]. The van der Waals surface area contributed by atoms with Crippen LogP contribution in [0, 0.1) is 10.1 Å². The van der Waals surface area contributed by atoms with Crippen LogP contribution in [0.1, 0.15) is 10.4 Å². The first-order chi connectivity index (χ1) is 11.6. The molecule has 0 amide bonds. The molecule has 26 heavy (non-hydrogen) atoms. The number of nitro groups is 1. The zero-order valence-electron chi connectivity index (χ0n) is 12.9. The summed E-state index contributed by atoms with van der Waals surface area (Å²) in [6.07, 6.45) is -4.90. The second kappa shape index (κ2) is 8.58. The van der Waals surface area contributed by atoms with Gasteiger partial charge in [-0.25, -0.2) is 0 Å². The molecular formula is C14H6ClF3NNaO6. The van der Waals surface area contributed by atoms with Crippen LogP contribution in [0.3, 0.4) is 0 Å². The van der Waals surface area contributed by atoms with Gasteiger partial charge in [-0.3, -0.25) is 10.1 Å². The van der Waals surface area contributed by atoms with Gasteiger partial charge in [0.15, 0.2) is 0 Å². The smallest absolute Gasteiger partial charge is 0.545 e. The number of carbonyl (C=O) groups excluding carboxylic acids is 1. The van der Waals surface area contributed by atoms with Crippen molar-refractivity contribution in [2.75, 3.05) is 0 Å². The first kappa shape index (κ1) is 22.0. The quantitative estimate of drug-likeness (QED) is 0.407. The second-order valence-corrected chi connectivity index (χ2v) is 4.87. The van der Waals surface area contributed by atoms with E-state index in [-0.39, 0.29) is 46.1 Å². The molecular weight excluding hydrogens is 394 g/mol. The minimum absolute atomic E-state index is 0. The van der Waals surface area contributed by atoms with E-state index in [0.29, 0.717) is 0 Å². The fourth-order valence-electron chi connectivity index (χ4n) is 1.79. The van der Waals surface area contributed by atoms with Crippen LogP contribution in [0.25, 0.3) is 0 Å². The van der Waals surface area contributed by atoms with Crippen molar-refractivity contribution in [3.05, 3.63) is 57.1 Å². The number of ether oxygens (including phenoxy) is 2. The van der Waals surface area contributed by atoms with Crippen LogP contribution in [0.15, 0.2) is 36.4 Å². The number of benzene rings is 2. The van der Waals surface area contributed by atoms with E-state index in [9.17, 15) is 33.2 Å². The molecule has 132 valence electrons. The van der Waals surface area contributed by atoms with Crippen molar-refractivity contribution in [3.8, 4) is 17.2 Å². The van der Waals surface area contributed by atoms with Gasteiger partial charge in [0.2, 0.25) is 0 Å². The van der Waals surface area contributed by atoms with Crippen LogP contribution in [0.5, 0.6) is 17.2 Å². The Morgan fingerprint density at radius 3 is 2.23 bits per heavy atom. The van der Waals surface area contributed by atoms with Crippen molar-refractivity contribution >= 4 is 23.3 Å². The predicted octanol–water partition coefficient (Wildman–Crippen LogP) is 0.307.